The Labute approximate surface area is 132 Å². The van der Waals surface area contributed by atoms with E-state index in [2.05, 4.69) is 37.9 Å². The van der Waals surface area contributed by atoms with Gasteiger partial charge in [0.1, 0.15) is 0 Å². The number of aryl methyl sites for hydroxylation is 1. The van der Waals surface area contributed by atoms with Crippen molar-refractivity contribution in [1.82, 2.24) is 19.4 Å². The fourth-order valence-corrected chi connectivity index (χ4v) is 3.87. The molecule has 1 aliphatic carbocycles. The van der Waals surface area contributed by atoms with E-state index in [0.29, 0.717) is 6.04 Å². The van der Waals surface area contributed by atoms with Crippen molar-refractivity contribution >= 4 is 0 Å². The van der Waals surface area contributed by atoms with Crippen LogP contribution in [0.15, 0.2) is 30.7 Å². The van der Waals surface area contributed by atoms with Crippen molar-refractivity contribution < 1.29 is 0 Å². The maximum atomic E-state index is 4.65. The lowest BCUT2D eigenvalue weighted by Gasteiger charge is -2.20. The molecule has 0 N–H and O–H groups in total. The maximum absolute atomic E-state index is 4.65. The second-order valence-corrected chi connectivity index (χ2v) is 6.57. The van der Waals surface area contributed by atoms with Gasteiger partial charge in [-0.2, -0.15) is 0 Å². The second kappa shape index (κ2) is 6.21. The summed E-state index contributed by atoms with van der Waals surface area (Å²) in [6, 6.07) is 6.81. The predicted octanol–water partition coefficient (Wildman–Crippen LogP) is 2.65. The van der Waals surface area contributed by atoms with E-state index >= 15 is 0 Å². The first kappa shape index (κ1) is 13.9. The van der Waals surface area contributed by atoms with Crippen LogP contribution in [-0.4, -0.2) is 39.1 Å². The highest BCUT2D eigenvalue weighted by atomic mass is 15.2. The predicted molar refractivity (Wildman–Crippen MR) is 86.9 cm³/mol. The summed E-state index contributed by atoms with van der Waals surface area (Å²) in [5.41, 5.74) is 4.08. The van der Waals surface area contributed by atoms with Crippen molar-refractivity contribution in [3.63, 3.8) is 0 Å². The van der Waals surface area contributed by atoms with Gasteiger partial charge in [-0.15, -0.1) is 0 Å². The monoisotopic (exact) mass is 296 g/mol. The first-order valence-electron chi connectivity index (χ1n) is 8.57. The fraction of sp³-hybridized carbons (Fsp3) is 0.556. The van der Waals surface area contributed by atoms with Crippen LogP contribution in [0.5, 0.6) is 0 Å². The number of imidazole rings is 1. The standard InChI is InChI=1S/C18H24N4/c1-2-7-18-17(6-1)20-14-22(18)16-9-12-21(13-16)11-8-15-5-3-4-10-19-15/h3-5,10,14,16H,1-2,6-9,11-13H2/t16-/m1/s1. The molecule has 0 spiro atoms. The van der Waals surface area contributed by atoms with E-state index in [1.165, 1.54) is 55.7 Å². The summed E-state index contributed by atoms with van der Waals surface area (Å²) in [6.45, 7) is 3.48. The number of nitrogens with zero attached hydrogens (tertiary/aromatic N) is 4. The molecular formula is C18H24N4. The molecule has 1 fully saturated rings. The Kier molecular flexibility index (Phi) is 3.94. The molecule has 116 valence electrons. The number of pyridine rings is 1. The van der Waals surface area contributed by atoms with Crippen LogP contribution >= 0.6 is 0 Å². The number of hydrogen-bond donors (Lipinski definition) is 0. The molecule has 0 aromatic carbocycles. The zero-order valence-corrected chi connectivity index (χ0v) is 13.1. The zero-order valence-electron chi connectivity index (χ0n) is 13.1. The second-order valence-electron chi connectivity index (χ2n) is 6.57. The van der Waals surface area contributed by atoms with Crippen molar-refractivity contribution in [2.75, 3.05) is 19.6 Å². The molecular weight excluding hydrogens is 272 g/mol. The van der Waals surface area contributed by atoms with Gasteiger partial charge in [-0.25, -0.2) is 4.98 Å². The number of aromatic nitrogens is 3. The minimum atomic E-state index is 0.623. The molecule has 0 amide bonds. The van der Waals surface area contributed by atoms with Crippen LogP contribution in [-0.2, 0) is 19.3 Å². The van der Waals surface area contributed by atoms with Crippen LogP contribution in [0.2, 0.25) is 0 Å². The normalized spacial score (nSPS) is 21.9. The quantitative estimate of drug-likeness (QED) is 0.870. The summed E-state index contributed by atoms with van der Waals surface area (Å²) in [7, 11) is 0. The Hall–Kier alpha value is -1.68. The van der Waals surface area contributed by atoms with Crippen LogP contribution < -0.4 is 0 Å². The van der Waals surface area contributed by atoms with Crippen molar-refractivity contribution in [3.8, 4) is 0 Å². The van der Waals surface area contributed by atoms with Gasteiger partial charge in [0, 0.05) is 49.7 Å². The van der Waals surface area contributed by atoms with E-state index in [-0.39, 0.29) is 0 Å². The molecule has 22 heavy (non-hydrogen) atoms. The molecule has 1 saturated heterocycles. The van der Waals surface area contributed by atoms with E-state index in [4.69, 9.17) is 0 Å². The molecule has 2 aromatic rings. The summed E-state index contributed by atoms with van der Waals surface area (Å²) < 4.78 is 2.48. The lowest BCUT2D eigenvalue weighted by molar-refractivity contribution is 0.325. The molecule has 1 atom stereocenters. The van der Waals surface area contributed by atoms with Gasteiger partial charge >= 0.3 is 0 Å². The van der Waals surface area contributed by atoms with Gasteiger partial charge in [0.2, 0.25) is 0 Å². The first-order chi connectivity index (χ1) is 10.9. The Morgan fingerprint density at radius 1 is 1.14 bits per heavy atom. The minimum Gasteiger partial charge on any atom is -0.330 e. The maximum Gasteiger partial charge on any atom is 0.0954 e. The van der Waals surface area contributed by atoms with Gasteiger partial charge in [0.25, 0.3) is 0 Å². The molecule has 4 heteroatoms. The molecule has 0 unspecified atom stereocenters. The topological polar surface area (TPSA) is 34.0 Å². The number of likely N-dealkylation sites (tertiary alicyclic amines) is 1. The molecule has 4 rings (SSSR count). The highest BCUT2D eigenvalue weighted by Crippen LogP contribution is 2.28. The third kappa shape index (κ3) is 2.80. The molecule has 4 nitrogen and oxygen atoms in total. The number of hydrogen-bond acceptors (Lipinski definition) is 3. The molecule has 2 aliphatic rings. The van der Waals surface area contributed by atoms with E-state index in [1.54, 1.807) is 0 Å². The van der Waals surface area contributed by atoms with E-state index in [9.17, 15) is 0 Å². The van der Waals surface area contributed by atoms with Gasteiger partial charge in [-0.1, -0.05) is 6.07 Å². The summed E-state index contributed by atoms with van der Waals surface area (Å²) in [4.78, 5) is 11.7. The molecule has 3 heterocycles. The third-order valence-electron chi connectivity index (χ3n) is 5.11. The SMILES string of the molecule is c1ccc(CCN2CC[C@@H](n3cnc4c3CCCC4)C2)nc1. The largest absolute Gasteiger partial charge is 0.330 e. The highest BCUT2D eigenvalue weighted by Gasteiger charge is 2.27. The number of fused-ring (bicyclic) bond motifs is 1. The van der Waals surface area contributed by atoms with Crippen LogP contribution in [0.25, 0.3) is 0 Å². The van der Waals surface area contributed by atoms with Gasteiger partial charge in [0.15, 0.2) is 0 Å². The molecule has 2 aromatic heterocycles. The Balaban J connectivity index is 1.37. The van der Waals surface area contributed by atoms with E-state index in [0.717, 1.165) is 19.5 Å². The van der Waals surface area contributed by atoms with Crippen LogP contribution in [0.3, 0.4) is 0 Å². The molecule has 0 radical (unpaired) electrons. The van der Waals surface area contributed by atoms with Gasteiger partial charge in [-0.05, 0) is 44.2 Å². The fourth-order valence-electron chi connectivity index (χ4n) is 3.87. The summed E-state index contributed by atoms with van der Waals surface area (Å²) in [5.74, 6) is 0. The van der Waals surface area contributed by atoms with Crippen LogP contribution in [0.4, 0.5) is 0 Å². The van der Waals surface area contributed by atoms with E-state index < -0.39 is 0 Å². The highest BCUT2D eigenvalue weighted by molar-refractivity contribution is 5.17. The van der Waals surface area contributed by atoms with E-state index in [1.807, 2.05) is 12.3 Å². The van der Waals surface area contributed by atoms with Gasteiger partial charge < -0.3 is 9.47 Å². The Morgan fingerprint density at radius 2 is 2.09 bits per heavy atom. The van der Waals surface area contributed by atoms with Crippen LogP contribution in [0.1, 0.15) is 42.4 Å². The minimum absolute atomic E-state index is 0.623. The van der Waals surface area contributed by atoms with Crippen molar-refractivity contribution in [1.29, 1.82) is 0 Å². The first-order valence-corrected chi connectivity index (χ1v) is 8.57. The zero-order chi connectivity index (χ0) is 14.8. The smallest absolute Gasteiger partial charge is 0.0954 e. The molecule has 0 bridgehead atoms. The summed E-state index contributed by atoms with van der Waals surface area (Å²) in [6.07, 6.45) is 11.3. The van der Waals surface area contributed by atoms with Crippen molar-refractivity contribution in [2.45, 2.75) is 44.6 Å². The lowest BCUT2D eigenvalue weighted by Crippen LogP contribution is -2.25. The average Bonchev–Trinajstić information content (AvgIpc) is 3.20. The summed E-state index contributed by atoms with van der Waals surface area (Å²) in [5, 5.41) is 0. The summed E-state index contributed by atoms with van der Waals surface area (Å²) >= 11 is 0. The lowest BCUT2D eigenvalue weighted by atomic mass is 10.0. The van der Waals surface area contributed by atoms with Crippen molar-refractivity contribution in [2.24, 2.45) is 0 Å². The van der Waals surface area contributed by atoms with Gasteiger partial charge in [0.05, 0.1) is 12.0 Å². The van der Waals surface area contributed by atoms with Crippen LogP contribution in [0, 0.1) is 0 Å². The Bertz CT molecular complexity index is 619. The average molecular weight is 296 g/mol. The molecule has 1 aliphatic heterocycles. The number of rotatable bonds is 4. The van der Waals surface area contributed by atoms with Gasteiger partial charge in [-0.3, -0.25) is 4.98 Å². The van der Waals surface area contributed by atoms with Crippen molar-refractivity contribution in [3.05, 3.63) is 47.8 Å². The molecule has 0 saturated carbocycles. The third-order valence-corrected chi connectivity index (χ3v) is 5.11. The Morgan fingerprint density at radius 3 is 3.00 bits per heavy atom.